The molecule has 0 N–H and O–H groups in total. The predicted molar refractivity (Wildman–Crippen MR) is 325 cm³/mol. The topological polar surface area (TPSA) is 78.9 Å². The van der Waals surface area contributed by atoms with Gasteiger partial charge in [0.25, 0.3) is 0 Å². The summed E-state index contributed by atoms with van der Waals surface area (Å²) in [6, 6.07) is 0. The summed E-state index contributed by atoms with van der Waals surface area (Å²) in [4.78, 5) is 38.3. The van der Waals surface area contributed by atoms with E-state index < -0.39 is 6.10 Å². The maximum Gasteiger partial charge on any atom is 0.306 e. The number of carbonyl (C=O) groups is 3. The molecule has 0 spiro atoms. The van der Waals surface area contributed by atoms with E-state index in [4.69, 9.17) is 14.2 Å². The molecule has 0 amide bonds. The summed E-state index contributed by atoms with van der Waals surface area (Å²) in [6.45, 7) is 6.52. The van der Waals surface area contributed by atoms with E-state index in [0.29, 0.717) is 19.3 Å². The van der Waals surface area contributed by atoms with Crippen LogP contribution in [0.5, 0.6) is 0 Å². The van der Waals surface area contributed by atoms with Crippen molar-refractivity contribution in [3.63, 3.8) is 0 Å². The molecular formula is C69H120O6. The second-order valence-electron chi connectivity index (χ2n) is 21.3. The first-order valence-corrected chi connectivity index (χ1v) is 32.1. The highest BCUT2D eigenvalue weighted by Gasteiger charge is 2.19. The predicted octanol–water partition coefficient (Wildman–Crippen LogP) is 21.9. The summed E-state index contributed by atoms with van der Waals surface area (Å²) in [7, 11) is 0. The van der Waals surface area contributed by atoms with Crippen molar-refractivity contribution in [1.82, 2.24) is 0 Å². The Morgan fingerprint density at radius 3 is 0.827 bits per heavy atom. The van der Waals surface area contributed by atoms with Gasteiger partial charge in [-0.2, -0.15) is 0 Å². The molecule has 6 heteroatoms. The summed E-state index contributed by atoms with van der Waals surface area (Å²) in [5, 5.41) is 0. The average molecular weight is 1050 g/mol. The van der Waals surface area contributed by atoms with Crippen LogP contribution in [0.2, 0.25) is 0 Å². The van der Waals surface area contributed by atoms with Crippen LogP contribution in [0.3, 0.4) is 0 Å². The van der Waals surface area contributed by atoms with Crippen LogP contribution in [-0.4, -0.2) is 37.2 Å². The molecule has 1 atom stereocenters. The zero-order valence-corrected chi connectivity index (χ0v) is 49.6. The number of hydrogen-bond acceptors (Lipinski definition) is 6. The van der Waals surface area contributed by atoms with Gasteiger partial charge in [-0.3, -0.25) is 14.4 Å². The molecule has 0 radical (unpaired) electrons. The number of carbonyl (C=O) groups excluding carboxylic acids is 3. The molecule has 0 rings (SSSR count). The Kier molecular flexibility index (Phi) is 60.3. The van der Waals surface area contributed by atoms with Crippen LogP contribution in [0, 0.1) is 0 Å². The monoisotopic (exact) mass is 1040 g/mol. The van der Waals surface area contributed by atoms with Crippen LogP contribution in [0.25, 0.3) is 0 Å². The highest BCUT2D eigenvalue weighted by Crippen LogP contribution is 2.16. The molecule has 0 aliphatic heterocycles. The lowest BCUT2D eigenvalue weighted by molar-refractivity contribution is -0.167. The normalized spacial score (nSPS) is 12.6. The van der Waals surface area contributed by atoms with Gasteiger partial charge in [-0.15, -0.1) is 0 Å². The highest BCUT2D eigenvalue weighted by molar-refractivity contribution is 5.71. The molecule has 0 heterocycles. The number of unbranched alkanes of at least 4 members (excludes halogenated alkanes) is 33. The standard InChI is InChI=1S/C69H120O6/c1-4-7-10-13-16-19-22-25-28-30-32-33-34-35-37-38-41-44-47-50-53-56-59-62-68(71)74-65-66(64-73-67(70)61-58-55-52-49-46-43-40-27-24-21-18-15-12-9-6-3)75-69(72)63-60-57-54-51-48-45-42-39-36-31-29-26-23-20-17-14-11-8-5-2/h9,12,18,21-22,25-27,29-30,32,34-35,40,66H,4-8,10-11,13-17,19-20,23-24,28,31,33,36-39,41-65H2,1-3H3/b12-9-,21-18-,25-22-,29-26-,32-30-,35-34-,40-27-. The van der Waals surface area contributed by atoms with Crippen molar-refractivity contribution in [2.24, 2.45) is 0 Å². The molecule has 6 nitrogen and oxygen atoms in total. The van der Waals surface area contributed by atoms with Gasteiger partial charge in [0.2, 0.25) is 0 Å². The minimum absolute atomic E-state index is 0.0861. The molecule has 0 saturated heterocycles. The van der Waals surface area contributed by atoms with Gasteiger partial charge in [0.1, 0.15) is 13.2 Å². The Morgan fingerprint density at radius 2 is 0.520 bits per heavy atom. The van der Waals surface area contributed by atoms with Crippen molar-refractivity contribution in [1.29, 1.82) is 0 Å². The third kappa shape index (κ3) is 61.3. The van der Waals surface area contributed by atoms with Gasteiger partial charge in [0, 0.05) is 19.3 Å². The first-order chi connectivity index (χ1) is 37.0. The first kappa shape index (κ1) is 71.6. The summed E-state index contributed by atoms with van der Waals surface area (Å²) in [5.41, 5.74) is 0. The molecule has 75 heavy (non-hydrogen) atoms. The van der Waals surface area contributed by atoms with E-state index in [0.717, 1.165) is 116 Å². The number of ether oxygens (including phenoxy) is 3. The Bertz CT molecular complexity index is 1430. The van der Waals surface area contributed by atoms with Crippen LogP contribution in [-0.2, 0) is 28.6 Å². The number of allylic oxidation sites excluding steroid dienone is 14. The second kappa shape index (κ2) is 63.1. The van der Waals surface area contributed by atoms with Gasteiger partial charge in [-0.25, -0.2) is 0 Å². The number of hydrogen-bond donors (Lipinski definition) is 0. The van der Waals surface area contributed by atoms with Crippen molar-refractivity contribution in [3.05, 3.63) is 85.1 Å². The lowest BCUT2D eigenvalue weighted by Crippen LogP contribution is -2.30. The molecule has 0 saturated carbocycles. The van der Waals surface area contributed by atoms with E-state index >= 15 is 0 Å². The third-order valence-corrected chi connectivity index (χ3v) is 13.9. The van der Waals surface area contributed by atoms with Gasteiger partial charge >= 0.3 is 17.9 Å². The van der Waals surface area contributed by atoms with Gasteiger partial charge in [-0.05, 0) is 116 Å². The van der Waals surface area contributed by atoms with E-state index in [-0.39, 0.29) is 31.1 Å². The van der Waals surface area contributed by atoms with Crippen molar-refractivity contribution in [2.75, 3.05) is 13.2 Å². The second-order valence-corrected chi connectivity index (χ2v) is 21.3. The van der Waals surface area contributed by atoms with Gasteiger partial charge < -0.3 is 14.2 Å². The molecule has 0 aromatic carbocycles. The molecule has 0 aromatic rings. The fourth-order valence-corrected chi connectivity index (χ4v) is 9.05. The molecule has 432 valence electrons. The third-order valence-electron chi connectivity index (χ3n) is 13.9. The number of rotatable bonds is 58. The van der Waals surface area contributed by atoms with Crippen molar-refractivity contribution in [3.8, 4) is 0 Å². The van der Waals surface area contributed by atoms with Crippen LogP contribution in [0.1, 0.15) is 316 Å². The molecule has 0 fully saturated rings. The highest BCUT2D eigenvalue weighted by atomic mass is 16.6. The molecule has 0 bridgehead atoms. The quantitative estimate of drug-likeness (QED) is 0.0261. The summed E-state index contributed by atoms with van der Waals surface area (Å²) in [6.07, 6.45) is 83.0. The summed E-state index contributed by atoms with van der Waals surface area (Å²) >= 11 is 0. The Labute approximate surface area is 465 Å². The van der Waals surface area contributed by atoms with Crippen LogP contribution >= 0.6 is 0 Å². The van der Waals surface area contributed by atoms with Gasteiger partial charge in [-0.1, -0.05) is 266 Å². The van der Waals surface area contributed by atoms with E-state index in [1.165, 1.54) is 161 Å². The summed E-state index contributed by atoms with van der Waals surface area (Å²) < 4.78 is 16.9. The first-order valence-electron chi connectivity index (χ1n) is 32.1. The van der Waals surface area contributed by atoms with E-state index in [9.17, 15) is 14.4 Å². The fraction of sp³-hybridized carbons (Fsp3) is 0.754. The summed E-state index contributed by atoms with van der Waals surface area (Å²) in [5.74, 6) is -0.900. The number of esters is 3. The average Bonchev–Trinajstić information content (AvgIpc) is 3.41. The van der Waals surface area contributed by atoms with Crippen molar-refractivity contribution in [2.45, 2.75) is 322 Å². The zero-order chi connectivity index (χ0) is 54.3. The SMILES string of the molecule is CC/C=C\C/C=C\C/C=C\CCCCCCCC(=O)OCC(COC(=O)CCCCCCCCCC/C=C\C/C=C\C/C=C\CCCCCCC)OC(=O)CCCCCCCCCCC/C=C\CCCCCCCC. The minimum atomic E-state index is -0.790. The molecular weight excluding hydrogens is 925 g/mol. The maximum absolute atomic E-state index is 12.9. The van der Waals surface area contributed by atoms with Crippen molar-refractivity contribution < 1.29 is 28.6 Å². The Morgan fingerprint density at radius 1 is 0.280 bits per heavy atom. The van der Waals surface area contributed by atoms with Crippen LogP contribution < -0.4 is 0 Å². The van der Waals surface area contributed by atoms with E-state index in [1.54, 1.807) is 0 Å². The molecule has 0 aromatic heterocycles. The van der Waals surface area contributed by atoms with E-state index in [2.05, 4.69) is 106 Å². The maximum atomic E-state index is 12.9. The lowest BCUT2D eigenvalue weighted by Gasteiger charge is -2.18. The van der Waals surface area contributed by atoms with Crippen LogP contribution in [0.4, 0.5) is 0 Å². The van der Waals surface area contributed by atoms with Gasteiger partial charge in [0.05, 0.1) is 0 Å². The lowest BCUT2D eigenvalue weighted by atomic mass is 10.1. The minimum Gasteiger partial charge on any atom is -0.462 e. The smallest absolute Gasteiger partial charge is 0.306 e. The molecule has 1 unspecified atom stereocenters. The largest absolute Gasteiger partial charge is 0.462 e. The molecule has 0 aliphatic rings. The van der Waals surface area contributed by atoms with E-state index in [1.807, 2.05) is 0 Å². The fourth-order valence-electron chi connectivity index (χ4n) is 9.05. The van der Waals surface area contributed by atoms with Crippen molar-refractivity contribution >= 4 is 17.9 Å². The Balaban J connectivity index is 4.38. The van der Waals surface area contributed by atoms with Gasteiger partial charge in [0.15, 0.2) is 6.10 Å². The Hall–Kier alpha value is -3.41. The molecule has 0 aliphatic carbocycles. The zero-order valence-electron chi connectivity index (χ0n) is 49.6. The van der Waals surface area contributed by atoms with Crippen LogP contribution in [0.15, 0.2) is 85.1 Å².